The van der Waals surface area contributed by atoms with E-state index < -0.39 is 6.61 Å². The molecule has 3 rings (SSSR count). The lowest BCUT2D eigenvalue weighted by atomic mass is 10.1. The third-order valence-corrected chi connectivity index (χ3v) is 4.00. The zero-order valence-corrected chi connectivity index (χ0v) is 17.6. The number of benzene rings is 2. The number of hydrogen-bond acceptors (Lipinski definition) is 4. The van der Waals surface area contributed by atoms with Crippen LogP contribution in [0.1, 0.15) is 11.1 Å². The second-order valence-electron chi connectivity index (χ2n) is 5.78. The van der Waals surface area contributed by atoms with Crippen molar-refractivity contribution in [3.8, 4) is 17.2 Å². The van der Waals surface area contributed by atoms with Crippen molar-refractivity contribution in [1.29, 1.82) is 0 Å². The fourth-order valence-corrected chi connectivity index (χ4v) is 2.68. The standard InChI is InChI=1S/C19H21F2N3O3.HI/c1-22-19(24-11-14-4-2-3-5-15(14)27-18(20)21)23-9-8-13-6-7-16-17(10-13)26-12-25-16;/h2-7,10,18H,8-9,11-12H2,1H3,(H2,22,23,24);1H. The van der Waals surface area contributed by atoms with Gasteiger partial charge in [-0.15, -0.1) is 24.0 Å². The predicted octanol–water partition coefficient (Wildman–Crippen LogP) is 3.54. The molecule has 0 spiro atoms. The molecule has 2 N–H and O–H groups in total. The van der Waals surface area contributed by atoms with Crippen LogP contribution >= 0.6 is 24.0 Å². The van der Waals surface area contributed by atoms with E-state index in [0.717, 1.165) is 23.5 Å². The molecule has 0 fully saturated rings. The average molecular weight is 505 g/mol. The van der Waals surface area contributed by atoms with Crippen LogP contribution in [0.4, 0.5) is 8.78 Å². The summed E-state index contributed by atoms with van der Waals surface area (Å²) in [5.41, 5.74) is 1.73. The summed E-state index contributed by atoms with van der Waals surface area (Å²) in [6, 6.07) is 12.5. The molecule has 0 amide bonds. The quantitative estimate of drug-likeness (QED) is 0.343. The summed E-state index contributed by atoms with van der Waals surface area (Å²) in [5.74, 6) is 2.23. The maximum absolute atomic E-state index is 12.5. The summed E-state index contributed by atoms with van der Waals surface area (Å²) in [7, 11) is 1.65. The Morgan fingerprint density at radius 1 is 1.14 bits per heavy atom. The number of para-hydroxylation sites is 1. The lowest BCUT2D eigenvalue weighted by molar-refractivity contribution is -0.0504. The molecule has 1 aliphatic heterocycles. The highest BCUT2D eigenvalue weighted by atomic mass is 127. The van der Waals surface area contributed by atoms with Gasteiger partial charge in [0.25, 0.3) is 0 Å². The van der Waals surface area contributed by atoms with Gasteiger partial charge in [0.05, 0.1) is 0 Å². The van der Waals surface area contributed by atoms with Crippen molar-refractivity contribution in [3.05, 3.63) is 53.6 Å². The summed E-state index contributed by atoms with van der Waals surface area (Å²) in [6.45, 7) is -1.64. The minimum atomic E-state index is -2.86. The fourth-order valence-electron chi connectivity index (χ4n) is 2.68. The number of ether oxygens (including phenoxy) is 3. The lowest BCUT2D eigenvalue weighted by Crippen LogP contribution is -2.37. The van der Waals surface area contributed by atoms with Crippen LogP contribution in [0.15, 0.2) is 47.5 Å². The topological polar surface area (TPSA) is 64.1 Å². The van der Waals surface area contributed by atoms with Gasteiger partial charge >= 0.3 is 6.61 Å². The third kappa shape index (κ3) is 6.11. The summed E-state index contributed by atoms with van der Waals surface area (Å²) in [4.78, 5) is 4.14. The number of alkyl halides is 2. The number of guanidine groups is 1. The molecule has 0 saturated carbocycles. The Bertz CT molecular complexity index is 806. The Kier molecular flexibility index (Phi) is 8.55. The van der Waals surface area contributed by atoms with Crippen molar-refractivity contribution in [2.75, 3.05) is 20.4 Å². The van der Waals surface area contributed by atoms with E-state index in [4.69, 9.17) is 9.47 Å². The van der Waals surface area contributed by atoms with Crippen LogP contribution in [0.3, 0.4) is 0 Å². The van der Waals surface area contributed by atoms with E-state index in [1.807, 2.05) is 18.2 Å². The SMILES string of the molecule is CN=C(NCCc1ccc2c(c1)OCO2)NCc1ccccc1OC(F)F.I. The van der Waals surface area contributed by atoms with E-state index in [1.54, 1.807) is 25.2 Å². The molecule has 2 aromatic carbocycles. The minimum Gasteiger partial charge on any atom is -0.454 e. The van der Waals surface area contributed by atoms with E-state index in [1.165, 1.54) is 6.07 Å². The van der Waals surface area contributed by atoms with Crippen LogP contribution < -0.4 is 24.8 Å². The number of hydrogen-bond donors (Lipinski definition) is 2. The molecule has 0 aliphatic carbocycles. The van der Waals surface area contributed by atoms with Crippen molar-refractivity contribution < 1.29 is 23.0 Å². The first-order valence-corrected chi connectivity index (χ1v) is 8.51. The average Bonchev–Trinajstić information content (AvgIpc) is 3.13. The number of halogens is 3. The van der Waals surface area contributed by atoms with Gasteiger partial charge in [-0.2, -0.15) is 8.78 Å². The molecule has 0 saturated heterocycles. The highest BCUT2D eigenvalue weighted by Crippen LogP contribution is 2.32. The number of fused-ring (bicyclic) bond motifs is 1. The summed E-state index contributed by atoms with van der Waals surface area (Å²) < 4.78 is 40.2. The van der Waals surface area contributed by atoms with Gasteiger partial charge in [0.1, 0.15) is 5.75 Å². The zero-order chi connectivity index (χ0) is 19.1. The Morgan fingerprint density at radius 3 is 2.71 bits per heavy atom. The second-order valence-corrected chi connectivity index (χ2v) is 5.78. The molecule has 0 atom stereocenters. The van der Waals surface area contributed by atoms with Crippen LogP contribution in [-0.4, -0.2) is 33.0 Å². The van der Waals surface area contributed by atoms with Gasteiger partial charge < -0.3 is 24.8 Å². The minimum absolute atomic E-state index is 0. The van der Waals surface area contributed by atoms with Crippen molar-refractivity contribution in [2.24, 2.45) is 4.99 Å². The fraction of sp³-hybridized carbons (Fsp3) is 0.316. The first kappa shape index (κ1) is 22.0. The van der Waals surface area contributed by atoms with Crippen molar-refractivity contribution in [2.45, 2.75) is 19.6 Å². The van der Waals surface area contributed by atoms with E-state index in [-0.39, 0.29) is 36.5 Å². The molecule has 1 aliphatic rings. The maximum Gasteiger partial charge on any atom is 0.387 e. The van der Waals surface area contributed by atoms with E-state index in [9.17, 15) is 8.78 Å². The molecular formula is C19H22F2IN3O3. The summed E-state index contributed by atoms with van der Waals surface area (Å²) in [5, 5.41) is 6.29. The van der Waals surface area contributed by atoms with Crippen LogP contribution in [-0.2, 0) is 13.0 Å². The molecule has 0 aromatic heterocycles. The molecule has 28 heavy (non-hydrogen) atoms. The molecule has 2 aromatic rings. The lowest BCUT2D eigenvalue weighted by Gasteiger charge is -2.14. The highest BCUT2D eigenvalue weighted by molar-refractivity contribution is 14.0. The van der Waals surface area contributed by atoms with E-state index in [2.05, 4.69) is 20.4 Å². The summed E-state index contributed by atoms with van der Waals surface area (Å²) >= 11 is 0. The van der Waals surface area contributed by atoms with Crippen molar-refractivity contribution >= 4 is 29.9 Å². The third-order valence-electron chi connectivity index (χ3n) is 4.00. The Labute approximate surface area is 179 Å². The van der Waals surface area contributed by atoms with Gasteiger partial charge in [0, 0.05) is 25.7 Å². The first-order valence-electron chi connectivity index (χ1n) is 8.51. The molecule has 152 valence electrons. The smallest absolute Gasteiger partial charge is 0.387 e. The van der Waals surface area contributed by atoms with E-state index >= 15 is 0 Å². The monoisotopic (exact) mass is 505 g/mol. The Morgan fingerprint density at radius 2 is 1.93 bits per heavy atom. The highest BCUT2D eigenvalue weighted by Gasteiger charge is 2.13. The van der Waals surface area contributed by atoms with Crippen LogP contribution in [0.5, 0.6) is 17.2 Å². The summed E-state index contributed by atoms with van der Waals surface area (Å²) in [6.07, 6.45) is 0.766. The van der Waals surface area contributed by atoms with Gasteiger partial charge in [-0.05, 0) is 30.2 Å². The molecule has 6 nitrogen and oxygen atoms in total. The van der Waals surface area contributed by atoms with Crippen LogP contribution in [0.25, 0.3) is 0 Å². The van der Waals surface area contributed by atoms with E-state index in [0.29, 0.717) is 24.6 Å². The van der Waals surface area contributed by atoms with Crippen molar-refractivity contribution in [1.82, 2.24) is 10.6 Å². The van der Waals surface area contributed by atoms with Gasteiger partial charge in [-0.1, -0.05) is 24.3 Å². The predicted molar refractivity (Wildman–Crippen MR) is 113 cm³/mol. The second kappa shape index (κ2) is 10.9. The largest absolute Gasteiger partial charge is 0.454 e. The van der Waals surface area contributed by atoms with Crippen molar-refractivity contribution in [3.63, 3.8) is 0 Å². The van der Waals surface area contributed by atoms with Gasteiger partial charge in [0.15, 0.2) is 17.5 Å². The number of aliphatic imine (C=N–C) groups is 1. The van der Waals surface area contributed by atoms with Crippen LogP contribution in [0, 0.1) is 0 Å². The normalized spacial score (nSPS) is 12.5. The van der Waals surface area contributed by atoms with Crippen LogP contribution in [0.2, 0.25) is 0 Å². The molecule has 9 heteroatoms. The number of rotatable bonds is 7. The molecule has 1 heterocycles. The van der Waals surface area contributed by atoms with Gasteiger partial charge in [0.2, 0.25) is 6.79 Å². The molecule has 0 radical (unpaired) electrons. The molecule has 0 bridgehead atoms. The Balaban J connectivity index is 0.00000280. The first-order chi connectivity index (χ1) is 13.2. The number of nitrogens with one attached hydrogen (secondary N) is 2. The van der Waals surface area contributed by atoms with Gasteiger partial charge in [-0.3, -0.25) is 4.99 Å². The molecule has 0 unspecified atom stereocenters. The molecular weight excluding hydrogens is 483 g/mol. The number of nitrogens with zero attached hydrogens (tertiary/aromatic N) is 1. The Hall–Kier alpha value is -2.30. The zero-order valence-electron chi connectivity index (χ0n) is 15.3. The van der Waals surface area contributed by atoms with Gasteiger partial charge in [-0.25, -0.2) is 0 Å². The maximum atomic E-state index is 12.5.